The average molecular weight is 308 g/mol. The van der Waals surface area contributed by atoms with Crippen LogP contribution in [0.4, 0.5) is 0 Å². The van der Waals surface area contributed by atoms with Gasteiger partial charge in [0.15, 0.2) is 0 Å². The van der Waals surface area contributed by atoms with Crippen LogP contribution in [0, 0.1) is 0 Å². The maximum absolute atomic E-state index is 12.5. The number of fused-ring (bicyclic) bond motifs is 1. The minimum atomic E-state index is 0.00532. The van der Waals surface area contributed by atoms with Crippen LogP contribution in [0.15, 0.2) is 43.0 Å². The van der Waals surface area contributed by atoms with Crippen molar-refractivity contribution in [2.75, 3.05) is 0 Å². The molecule has 1 amide bonds. The molecule has 118 valence electrons. The third kappa shape index (κ3) is 2.52. The molecule has 3 aromatic heterocycles. The Hall–Kier alpha value is -2.56. The summed E-state index contributed by atoms with van der Waals surface area (Å²) in [5, 5.41) is 3.07. The van der Waals surface area contributed by atoms with Crippen molar-refractivity contribution < 1.29 is 4.79 Å². The number of aromatic nitrogens is 3. The molecular formula is C18H20N4O. The van der Waals surface area contributed by atoms with Gasteiger partial charge < -0.3 is 14.3 Å². The van der Waals surface area contributed by atoms with Gasteiger partial charge in [0.05, 0.1) is 23.1 Å². The molecule has 1 fully saturated rings. The van der Waals surface area contributed by atoms with Crippen LogP contribution >= 0.6 is 0 Å². The largest absolute Gasteiger partial charge is 0.349 e. The lowest BCUT2D eigenvalue weighted by Gasteiger charge is -2.04. The van der Waals surface area contributed by atoms with Crippen LogP contribution in [0.2, 0.25) is 0 Å². The van der Waals surface area contributed by atoms with E-state index in [0.717, 1.165) is 29.7 Å². The number of amides is 1. The van der Waals surface area contributed by atoms with E-state index in [2.05, 4.69) is 28.7 Å². The third-order valence-electron chi connectivity index (χ3n) is 4.29. The van der Waals surface area contributed by atoms with Crippen molar-refractivity contribution in [1.82, 2.24) is 19.3 Å². The van der Waals surface area contributed by atoms with Crippen molar-refractivity contribution in [1.29, 1.82) is 0 Å². The molecule has 0 bridgehead atoms. The van der Waals surface area contributed by atoms with Crippen LogP contribution in [0.25, 0.3) is 16.9 Å². The third-order valence-corrected chi connectivity index (χ3v) is 4.29. The van der Waals surface area contributed by atoms with Gasteiger partial charge in [0.2, 0.25) is 0 Å². The predicted molar refractivity (Wildman–Crippen MR) is 89.5 cm³/mol. The van der Waals surface area contributed by atoms with Gasteiger partial charge in [0.25, 0.3) is 5.91 Å². The van der Waals surface area contributed by atoms with E-state index < -0.39 is 0 Å². The molecule has 0 radical (unpaired) electrons. The van der Waals surface area contributed by atoms with Crippen molar-refractivity contribution in [2.24, 2.45) is 0 Å². The van der Waals surface area contributed by atoms with Gasteiger partial charge in [-0.2, -0.15) is 0 Å². The van der Waals surface area contributed by atoms with E-state index in [1.165, 1.54) is 0 Å². The minimum Gasteiger partial charge on any atom is -0.349 e. The second-order valence-electron chi connectivity index (χ2n) is 6.45. The van der Waals surface area contributed by atoms with Crippen LogP contribution in [0.5, 0.6) is 0 Å². The maximum Gasteiger partial charge on any atom is 0.253 e. The Bertz CT molecular complexity index is 870. The number of nitrogens with one attached hydrogen (secondary N) is 1. The van der Waals surface area contributed by atoms with E-state index in [-0.39, 0.29) is 5.91 Å². The molecule has 0 aromatic carbocycles. The molecular weight excluding hydrogens is 288 g/mol. The molecule has 1 aliphatic carbocycles. The van der Waals surface area contributed by atoms with Gasteiger partial charge in [-0.1, -0.05) is 6.07 Å². The summed E-state index contributed by atoms with van der Waals surface area (Å²) >= 11 is 0. The standard InChI is InChI=1S/C18H20N4O/c1-12(2)21-10-15(19-11-21)17-9-14(18(23)20-13-6-7-13)16-5-3-4-8-22(16)17/h3-5,8-13H,6-7H2,1-2H3,(H,20,23). The fourth-order valence-corrected chi connectivity index (χ4v) is 2.77. The zero-order valence-electron chi connectivity index (χ0n) is 13.4. The monoisotopic (exact) mass is 308 g/mol. The normalized spacial score (nSPS) is 14.6. The Morgan fingerprint density at radius 3 is 2.87 bits per heavy atom. The Labute approximate surface area is 135 Å². The lowest BCUT2D eigenvalue weighted by atomic mass is 10.2. The highest BCUT2D eigenvalue weighted by Gasteiger charge is 2.26. The highest BCUT2D eigenvalue weighted by molar-refractivity contribution is 6.03. The molecule has 0 aliphatic heterocycles. The van der Waals surface area contributed by atoms with E-state index in [1.807, 2.05) is 47.4 Å². The van der Waals surface area contributed by atoms with Crippen LogP contribution in [-0.4, -0.2) is 25.9 Å². The fraction of sp³-hybridized carbons (Fsp3) is 0.333. The highest BCUT2D eigenvalue weighted by atomic mass is 16.1. The molecule has 1 saturated carbocycles. The van der Waals surface area contributed by atoms with Crippen molar-refractivity contribution >= 4 is 11.4 Å². The number of rotatable bonds is 4. The first-order valence-electron chi connectivity index (χ1n) is 8.08. The minimum absolute atomic E-state index is 0.00532. The Morgan fingerprint density at radius 2 is 2.17 bits per heavy atom. The van der Waals surface area contributed by atoms with Crippen molar-refractivity contribution in [3.05, 3.63) is 48.5 Å². The first-order valence-corrected chi connectivity index (χ1v) is 8.08. The van der Waals surface area contributed by atoms with Crippen molar-refractivity contribution in [3.8, 4) is 11.4 Å². The highest BCUT2D eigenvalue weighted by Crippen LogP contribution is 2.27. The molecule has 5 heteroatoms. The predicted octanol–water partition coefficient (Wildman–Crippen LogP) is 3.28. The van der Waals surface area contributed by atoms with Crippen molar-refractivity contribution in [2.45, 2.75) is 38.8 Å². The molecule has 1 aliphatic rings. The second-order valence-corrected chi connectivity index (χ2v) is 6.45. The summed E-state index contributed by atoms with van der Waals surface area (Å²) in [6, 6.07) is 8.56. The quantitative estimate of drug-likeness (QED) is 0.804. The Morgan fingerprint density at radius 1 is 1.35 bits per heavy atom. The zero-order valence-corrected chi connectivity index (χ0v) is 13.4. The molecule has 0 atom stereocenters. The maximum atomic E-state index is 12.5. The SMILES string of the molecule is CC(C)n1cnc(-c2cc(C(=O)NC3CC3)c3ccccn23)c1. The van der Waals surface area contributed by atoms with Gasteiger partial charge in [-0.3, -0.25) is 4.79 Å². The van der Waals surface area contributed by atoms with E-state index >= 15 is 0 Å². The molecule has 23 heavy (non-hydrogen) atoms. The first kappa shape index (κ1) is 14.1. The van der Waals surface area contributed by atoms with Gasteiger partial charge in [0.1, 0.15) is 5.69 Å². The van der Waals surface area contributed by atoms with Crippen LogP contribution < -0.4 is 5.32 Å². The second kappa shape index (κ2) is 5.26. The summed E-state index contributed by atoms with van der Waals surface area (Å²) < 4.78 is 4.11. The van der Waals surface area contributed by atoms with E-state index in [4.69, 9.17) is 0 Å². The Kier molecular flexibility index (Phi) is 3.22. The summed E-state index contributed by atoms with van der Waals surface area (Å²) in [6.07, 6.45) is 8.02. The lowest BCUT2D eigenvalue weighted by molar-refractivity contribution is 0.0953. The Balaban J connectivity index is 1.81. The number of imidazole rings is 1. The molecule has 3 aromatic rings. The number of carbonyl (C=O) groups excluding carboxylic acids is 1. The van der Waals surface area contributed by atoms with Gasteiger partial charge in [-0.05, 0) is 44.9 Å². The summed E-state index contributed by atoms with van der Waals surface area (Å²) in [5.41, 5.74) is 3.46. The van der Waals surface area contributed by atoms with Crippen LogP contribution in [0.3, 0.4) is 0 Å². The molecule has 3 heterocycles. The fourth-order valence-electron chi connectivity index (χ4n) is 2.77. The van der Waals surface area contributed by atoms with E-state index in [1.54, 1.807) is 0 Å². The summed E-state index contributed by atoms with van der Waals surface area (Å²) in [6.45, 7) is 4.24. The number of hydrogen-bond acceptors (Lipinski definition) is 2. The molecule has 4 rings (SSSR count). The van der Waals surface area contributed by atoms with Crippen LogP contribution in [-0.2, 0) is 0 Å². The summed E-state index contributed by atoms with van der Waals surface area (Å²) in [7, 11) is 0. The number of nitrogens with zero attached hydrogens (tertiary/aromatic N) is 3. The van der Waals surface area contributed by atoms with Gasteiger partial charge in [-0.25, -0.2) is 4.98 Å². The molecule has 5 nitrogen and oxygen atoms in total. The summed E-state index contributed by atoms with van der Waals surface area (Å²) in [4.78, 5) is 17.0. The zero-order chi connectivity index (χ0) is 16.0. The van der Waals surface area contributed by atoms with Gasteiger partial charge >= 0.3 is 0 Å². The summed E-state index contributed by atoms with van der Waals surface area (Å²) in [5.74, 6) is 0.00532. The van der Waals surface area contributed by atoms with Crippen LogP contribution in [0.1, 0.15) is 43.1 Å². The number of hydrogen-bond donors (Lipinski definition) is 1. The molecule has 0 unspecified atom stereocenters. The van der Waals surface area contributed by atoms with Gasteiger partial charge in [0, 0.05) is 24.5 Å². The first-order chi connectivity index (χ1) is 11.1. The molecule has 0 spiro atoms. The van der Waals surface area contributed by atoms with E-state index in [0.29, 0.717) is 17.6 Å². The lowest BCUT2D eigenvalue weighted by Crippen LogP contribution is -2.25. The average Bonchev–Trinajstić information content (AvgIpc) is 3.09. The molecule has 1 N–H and O–H groups in total. The number of carbonyl (C=O) groups is 1. The topological polar surface area (TPSA) is 51.3 Å². The number of pyridine rings is 1. The van der Waals surface area contributed by atoms with Crippen molar-refractivity contribution in [3.63, 3.8) is 0 Å². The smallest absolute Gasteiger partial charge is 0.253 e. The van der Waals surface area contributed by atoms with E-state index in [9.17, 15) is 4.79 Å². The molecule has 0 saturated heterocycles. The van der Waals surface area contributed by atoms with Gasteiger partial charge in [-0.15, -0.1) is 0 Å².